The van der Waals surface area contributed by atoms with E-state index < -0.39 is 0 Å². The van der Waals surface area contributed by atoms with Crippen molar-refractivity contribution in [3.63, 3.8) is 0 Å². The lowest BCUT2D eigenvalue weighted by Crippen LogP contribution is -2.28. The van der Waals surface area contributed by atoms with Crippen LogP contribution in [-0.2, 0) is 5.75 Å². The van der Waals surface area contributed by atoms with Gasteiger partial charge in [0.05, 0.1) is 6.04 Å². The van der Waals surface area contributed by atoms with Gasteiger partial charge in [0.25, 0.3) is 5.91 Å². The van der Waals surface area contributed by atoms with E-state index in [1.54, 1.807) is 23.9 Å². The lowest BCUT2D eigenvalue weighted by molar-refractivity contribution is 0.0938. The maximum atomic E-state index is 12.7. The van der Waals surface area contributed by atoms with Gasteiger partial charge >= 0.3 is 0 Å². The van der Waals surface area contributed by atoms with Crippen LogP contribution in [0.25, 0.3) is 5.69 Å². The average molecular weight is 443 g/mol. The molecule has 0 aliphatic heterocycles. The topological polar surface area (TPSA) is 59.8 Å². The number of rotatable bonds is 7. The van der Waals surface area contributed by atoms with Crippen molar-refractivity contribution in [2.45, 2.75) is 37.7 Å². The molecule has 5 nitrogen and oxygen atoms in total. The standard InChI is InChI=1S/C26H26N4OS/c1-18-13-15-23(16-14-18)30-24(20(3)27-25(31)21-10-5-4-6-11-21)28-29-26(30)32-17-22-12-8-7-9-19(22)2/h4-16,20H,17H2,1-3H3,(H,27,31). The maximum Gasteiger partial charge on any atom is 0.251 e. The molecule has 1 amide bonds. The van der Waals surface area contributed by atoms with Crippen molar-refractivity contribution in [3.05, 3.63) is 107 Å². The monoisotopic (exact) mass is 442 g/mol. The number of aromatic nitrogens is 3. The van der Waals surface area contributed by atoms with E-state index in [4.69, 9.17) is 0 Å². The van der Waals surface area contributed by atoms with E-state index in [1.807, 2.05) is 35.8 Å². The molecule has 0 saturated heterocycles. The van der Waals surface area contributed by atoms with Crippen molar-refractivity contribution in [3.8, 4) is 5.69 Å². The zero-order chi connectivity index (χ0) is 22.5. The highest BCUT2D eigenvalue weighted by Gasteiger charge is 2.21. The quantitative estimate of drug-likeness (QED) is 0.375. The molecule has 3 aromatic carbocycles. The Morgan fingerprint density at radius 3 is 2.34 bits per heavy atom. The summed E-state index contributed by atoms with van der Waals surface area (Å²) in [6.07, 6.45) is 0. The van der Waals surface area contributed by atoms with Gasteiger partial charge in [0.15, 0.2) is 11.0 Å². The second kappa shape index (κ2) is 9.83. The number of aryl methyl sites for hydroxylation is 2. The van der Waals surface area contributed by atoms with Gasteiger partial charge < -0.3 is 5.32 Å². The molecular weight excluding hydrogens is 416 g/mol. The van der Waals surface area contributed by atoms with Gasteiger partial charge in [-0.25, -0.2) is 0 Å². The zero-order valence-electron chi connectivity index (χ0n) is 18.4. The van der Waals surface area contributed by atoms with Crippen molar-refractivity contribution in [2.75, 3.05) is 0 Å². The SMILES string of the molecule is Cc1ccc(-n2c(SCc3ccccc3C)nnc2C(C)NC(=O)c2ccccc2)cc1. The second-order valence-corrected chi connectivity index (χ2v) is 8.73. The first-order chi connectivity index (χ1) is 15.5. The first-order valence-corrected chi connectivity index (χ1v) is 11.6. The summed E-state index contributed by atoms with van der Waals surface area (Å²) in [5.41, 5.74) is 5.30. The van der Waals surface area contributed by atoms with Crippen molar-refractivity contribution < 1.29 is 4.79 Å². The van der Waals surface area contributed by atoms with Crippen LogP contribution in [0.3, 0.4) is 0 Å². The molecule has 162 valence electrons. The molecule has 6 heteroatoms. The number of amides is 1. The lowest BCUT2D eigenvalue weighted by Gasteiger charge is -2.17. The predicted octanol–water partition coefficient (Wildman–Crippen LogP) is 5.67. The Morgan fingerprint density at radius 2 is 1.62 bits per heavy atom. The van der Waals surface area contributed by atoms with Gasteiger partial charge in [0.1, 0.15) is 0 Å². The summed E-state index contributed by atoms with van der Waals surface area (Å²) in [4.78, 5) is 12.7. The molecular formula is C26H26N4OS. The highest BCUT2D eigenvalue weighted by molar-refractivity contribution is 7.98. The Kier molecular flexibility index (Phi) is 6.71. The molecule has 1 atom stereocenters. The number of hydrogen-bond donors (Lipinski definition) is 1. The number of nitrogens with one attached hydrogen (secondary N) is 1. The van der Waals surface area contributed by atoms with Crippen LogP contribution in [-0.4, -0.2) is 20.7 Å². The molecule has 4 aromatic rings. The number of hydrogen-bond acceptors (Lipinski definition) is 4. The molecule has 0 bridgehead atoms. The van der Waals surface area contributed by atoms with Gasteiger partial charge in [0, 0.05) is 17.0 Å². The summed E-state index contributed by atoms with van der Waals surface area (Å²) >= 11 is 1.64. The Bertz CT molecular complexity index is 1200. The fourth-order valence-corrected chi connectivity index (χ4v) is 4.48. The molecule has 0 radical (unpaired) electrons. The third-order valence-electron chi connectivity index (χ3n) is 5.34. The van der Waals surface area contributed by atoms with Crippen LogP contribution in [0.4, 0.5) is 0 Å². The van der Waals surface area contributed by atoms with E-state index in [2.05, 4.69) is 71.8 Å². The molecule has 1 heterocycles. The molecule has 0 aliphatic carbocycles. The molecule has 1 aromatic heterocycles. The maximum absolute atomic E-state index is 12.7. The average Bonchev–Trinajstić information content (AvgIpc) is 3.23. The van der Waals surface area contributed by atoms with Crippen molar-refractivity contribution in [1.82, 2.24) is 20.1 Å². The van der Waals surface area contributed by atoms with Crippen LogP contribution in [0.5, 0.6) is 0 Å². The summed E-state index contributed by atoms with van der Waals surface area (Å²) in [7, 11) is 0. The number of nitrogens with zero attached hydrogens (tertiary/aromatic N) is 3. The van der Waals surface area contributed by atoms with E-state index in [0.717, 1.165) is 16.6 Å². The van der Waals surface area contributed by atoms with Crippen LogP contribution in [0.2, 0.25) is 0 Å². The fraction of sp³-hybridized carbons (Fsp3) is 0.192. The second-order valence-electron chi connectivity index (χ2n) is 7.79. The first-order valence-electron chi connectivity index (χ1n) is 10.6. The minimum atomic E-state index is -0.315. The van der Waals surface area contributed by atoms with E-state index in [1.165, 1.54) is 16.7 Å². The molecule has 0 spiro atoms. The predicted molar refractivity (Wildman–Crippen MR) is 129 cm³/mol. The Hall–Kier alpha value is -3.38. The molecule has 1 N–H and O–H groups in total. The Morgan fingerprint density at radius 1 is 0.938 bits per heavy atom. The Labute approximate surface area is 192 Å². The van der Waals surface area contributed by atoms with Gasteiger partial charge in [0.2, 0.25) is 0 Å². The lowest BCUT2D eigenvalue weighted by atomic mass is 10.1. The molecule has 0 aliphatic rings. The molecule has 0 saturated carbocycles. The fourth-order valence-electron chi connectivity index (χ4n) is 3.44. The molecule has 0 fully saturated rings. The van der Waals surface area contributed by atoms with Crippen LogP contribution in [0.1, 0.15) is 45.8 Å². The van der Waals surface area contributed by atoms with Gasteiger partial charge in [-0.3, -0.25) is 9.36 Å². The number of carbonyl (C=O) groups is 1. The van der Waals surface area contributed by atoms with E-state index in [9.17, 15) is 4.79 Å². The third kappa shape index (κ3) is 4.92. The van der Waals surface area contributed by atoms with Crippen molar-refractivity contribution in [1.29, 1.82) is 0 Å². The highest BCUT2D eigenvalue weighted by atomic mass is 32.2. The first kappa shape index (κ1) is 21.8. The van der Waals surface area contributed by atoms with Gasteiger partial charge in [-0.15, -0.1) is 10.2 Å². The molecule has 1 unspecified atom stereocenters. The van der Waals surface area contributed by atoms with Crippen LogP contribution in [0, 0.1) is 13.8 Å². The van der Waals surface area contributed by atoms with Gasteiger partial charge in [-0.1, -0.05) is 71.9 Å². The summed E-state index contributed by atoms with van der Waals surface area (Å²) in [5, 5.41) is 12.8. The third-order valence-corrected chi connectivity index (χ3v) is 6.32. The van der Waals surface area contributed by atoms with E-state index in [-0.39, 0.29) is 11.9 Å². The van der Waals surface area contributed by atoms with Crippen molar-refractivity contribution in [2.24, 2.45) is 0 Å². The van der Waals surface area contributed by atoms with Crippen LogP contribution >= 0.6 is 11.8 Å². The molecule has 32 heavy (non-hydrogen) atoms. The van der Waals surface area contributed by atoms with Gasteiger partial charge in [-0.05, 0) is 56.2 Å². The van der Waals surface area contributed by atoms with Crippen LogP contribution in [0.15, 0.2) is 84.0 Å². The largest absolute Gasteiger partial charge is 0.342 e. The Balaban J connectivity index is 1.63. The molecule has 4 rings (SSSR count). The summed E-state index contributed by atoms with van der Waals surface area (Å²) < 4.78 is 2.04. The number of benzene rings is 3. The highest BCUT2D eigenvalue weighted by Crippen LogP contribution is 2.28. The van der Waals surface area contributed by atoms with Crippen LogP contribution < -0.4 is 5.32 Å². The number of carbonyl (C=O) groups excluding carboxylic acids is 1. The van der Waals surface area contributed by atoms with Crippen molar-refractivity contribution >= 4 is 17.7 Å². The smallest absolute Gasteiger partial charge is 0.251 e. The van der Waals surface area contributed by atoms with E-state index >= 15 is 0 Å². The van der Waals surface area contributed by atoms with Gasteiger partial charge in [-0.2, -0.15) is 0 Å². The number of thioether (sulfide) groups is 1. The summed E-state index contributed by atoms with van der Waals surface area (Å²) in [6, 6.07) is 25.5. The normalized spacial score (nSPS) is 11.8. The van der Waals surface area contributed by atoms with E-state index in [0.29, 0.717) is 11.4 Å². The minimum Gasteiger partial charge on any atom is -0.342 e. The summed E-state index contributed by atoms with van der Waals surface area (Å²) in [5.74, 6) is 1.36. The summed E-state index contributed by atoms with van der Waals surface area (Å²) in [6.45, 7) is 6.12. The minimum absolute atomic E-state index is 0.134. The zero-order valence-corrected chi connectivity index (χ0v) is 19.3.